The van der Waals surface area contributed by atoms with E-state index < -0.39 is 0 Å². The summed E-state index contributed by atoms with van der Waals surface area (Å²) in [5.74, 6) is 0.808. The minimum atomic E-state index is 0.445. The Hall–Kier alpha value is -3.00. The van der Waals surface area contributed by atoms with Gasteiger partial charge in [-0.25, -0.2) is 9.83 Å². The Balaban J connectivity index is 1.56. The highest BCUT2D eigenvalue weighted by Crippen LogP contribution is 2.29. The highest BCUT2D eigenvalue weighted by Gasteiger charge is 2.10. The first-order chi connectivity index (χ1) is 13.5. The van der Waals surface area contributed by atoms with Crippen molar-refractivity contribution in [3.63, 3.8) is 0 Å². The molecule has 0 amide bonds. The van der Waals surface area contributed by atoms with Gasteiger partial charge in [-0.3, -0.25) is 0 Å². The van der Waals surface area contributed by atoms with Crippen LogP contribution in [0.3, 0.4) is 0 Å². The summed E-state index contributed by atoms with van der Waals surface area (Å²) in [5.41, 5.74) is 5.11. The molecule has 6 heteroatoms. The molecule has 0 spiro atoms. The van der Waals surface area contributed by atoms with E-state index in [1.165, 1.54) is 0 Å². The highest BCUT2D eigenvalue weighted by atomic mass is 35.5. The van der Waals surface area contributed by atoms with Crippen LogP contribution >= 0.6 is 23.2 Å². The van der Waals surface area contributed by atoms with E-state index in [9.17, 15) is 0 Å². The predicted molar refractivity (Wildman–Crippen MR) is 112 cm³/mol. The van der Waals surface area contributed by atoms with Crippen molar-refractivity contribution in [1.29, 1.82) is 0 Å². The number of hydrogen-bond donors (Lipinski definition) is 0. The molecule has 4 nitrogen and oxygen atoms in total. The Bertz CT molecular complexity index is 1210. The molecule has 2 aromatic heterocycles. The molecule has 0 saturated carbocycles. The topological polar surface area (TPSA) is 30.9 Å². The molecular weight excluding hydrogens is 393 g/mol. The average Bonchev–Trinajstić information content (AvgIpc) is 3.12. The van der Waals surface area contributed by atoms with Crippen LogP contribution < -0.4 is 4.74 Å². The van der Waals surface area contributed by atoms with Crippen LogP contribution in [0.15, 0.2) is 60.9 Å². The van der Waals surface area contributed by atoms with Crippen LogP contribution in [0.2, 0.25) is 10.0 Å². The summed E-state index contributed by atoms with van der Waals surface area (Å²) in [6, 6.07) is 15.0. The number of nitrogens with zero attached hydrogens (tertiary/aromatic N) is 3. The molecule has 28 heavy (non-hydrogen) atoms. The van der Waals surface area contributed by atoms with E-state index in [-0.39, 0.29) is 0 Å². The van der Waals surface area contributed by atoms with Gasteiger partial charge in [0.2, 0.25) is 0 Å². The quantitative estimate of drug-likeness (QED) is 0.350. The van der Waals surface area contributed by atoms with Gasteiger partial charge in [0.05, 0.1) is 22.3 Å². The maximum Gasteiger partial charge on any atom is 0.187 e. The summed E-state index contributed by atoms with van der Waals surface area (Å²) in [7, 11) is 0. The Morgan fingerprint density at radius 1 is 1.07 bits per heavy atom. The summed E-state index contributed by atoms with van der Waals surface area (Å²) in [4.78, 5) is 8.01. The third kappa shape index (κ3) is 3.68. The standard InChI is InChI=1S/C22H15Cl2N3O/c1-14-9-16(20-12-27-11-17(23)10-19(24)22(27)26-20)5-8-21(14)28-13-15-3-6-18(25-2)7-4-15/h3-12H,13H2,1H3. The lowest BCUT2D eigenvalue weighted by atomic mass is 10.1. The molecule has 4 rings (SSSR count). The highest BCUT2D eigenvalue weighted by molar-refractivity contribution is 6.36. The molecule has 4 aromatic rings. The van der Waals surface area contributed by atoms with Crippen molar-refractivity contribution >= 4 is 34.5 Å². The van der Waals surface area contributed by atoms with E-state index in [1.807, 2.05) is 47.9 Å². The van der Waals surface area contributed by atoms with Crippen molar-refractivity contribution in [1.82, 2.24) is 9.38 Å². The average molecular weight is 408 g/mol. The van der Waals surface area contributed by atoms with E-state index in [1.54, 1.807) is 24.4 Å². The number of pyridine rings is 1. The molecule has 0 saturated heterocycles. The van der Waals surface area contributed by atoms with Crippen LogP contribution in [-0.2, 0) is 6.61 Å². The zero-order chi connectivity index (χ0) is 19.7. The number of imidazole rings is 1. The molecule has 0 N–H and O–H groups in total. The van der Waals surface area contributed by atoms with Crippen LogP contribution in [0.25, 0.3) is 21.7 Å². The molecule has 0 bridgehead atoms. The minimum absolute atomic E-state index is 0.445. The number of aromatic nitrogens is 2. The fourth-order valence-electron chi connectivity index (χ4n) is 2.96. The van der Waals surface area contributed by atoms with Crippen LogP contribution in [0.1, 0.15) is 11.1 Å². The largest absolute Gasteiger partial charge is 0.489 e. The second-order valence-corrected chi connectivity index (χ2v) is 7.25. The van der Waals surface area contributed by atoms with E-state index in [0.29, 0.717) is 28.0 Å². The minimum Gasteiger partial charge on any atom is -0.489 e. The van der Waals surface area contributed by atoms with Crippen molar-refractivity contribution in [3.05, 3.63) is 93.5 Å². The fraction of sp³-hybridized carbons (Fsp3) is 0.0909. The van der Waals surface area contributed by atoms with E-state index >= 15 is 0 Å². The summed E-state index contributed by atoms with van der Waals surface area (Å²) >= 11 is 12.3. The monoisotopic (exact) mass is 407 g/mol. The summed E-state index contributed by atoms with van der Waals surface area (Å²) < 4.78 is 7.77. The first-order valence-corrected chi connectivity index (χ1v) is 9.33. The molecule has 0 radical (unpaired) electrons. The van der Waals surface area contributed by atoms with Gasteiger partial charge in [0, 0.05) is 18.0 Å². The molecule has 0 aliphatic carbocycles. The molecule has 0 fully saturated rings. The van der Waals surface area contributed by atoms with Gasteiger partial charge < -0.3 is 9.14 Å². The van der Waals surface area contributed by atoms with E-state index in [4.69, 9.17) is 34.5 Å². The second kappa shape index (κ2) is 7.55. The Morgan fingerprint density at radius 2 is 1.86 bits per heavy atom. The third-order valence-corrected chi connectivity index (χ3v) is 4.89. The summed E-state index contributed by atoms with van der Waals surface area (Å²) in [6.45, 7) is 9.45. The maximum atomic E-state index is 7.00. The first kappa shape index (κ1) is 18.4. The number of aryl methyl sites for hydroxylation is 1. The van der Waals surface area contributed by atoms with Crippen LogP contribution in [0.4, 0.5) is 5.69 Å². The number of rotatable bonds is 4. The molecular formula is C22H15Cl2N3O. The molecule has 2 heterocycles. The zero-order valence-corrected chi connectivity index (χ0v) is 16.5. The lowest BCUT2D eigenvalue weighted by Gasteiger charge is -2.10. The smallest absolute Gasteiger partial charge is 0.187 e. The normalized spacial score (nSPS) is 10.8. The molecule has 0 atom stereocenters. The fourth-order valence-corrected chi connectivity index (χ4v) is 3.49. The number of benzene rings is 2. The van der Waals surface area contributed by atoms with Crippen molar-refractivity contribution in [2.45, 2.75) is 13.5 Å². The van der Waals surface area contributed by atoms with Crippen molar-refractivity contribution in [2.75, 3.05) is 0 Å². The first-order valence-electron chi connectivity index (χ1n) is 8.57. The molecule has 0 unspecified atom stereocenters. The Labute approximate surface area is 172 Å². The van der Waals surface area contributed by atoms with Crippen molar-refractivity contribution in [3.8, 4) is 17.0 Å². The zero-order valence-electron chi connectivity index (χ0n) is 15.0. The predicted octanol–water partition coefficient (Wildman–Crippen LogP) is 6.75. The molecule has 2 aromatic carbocycles. The van der Waals surface area contributed by atoms with Gasteiger partial charge in [-0.2, -0.15) is 0 Å². The number of hydrogen-bond acceptors (Lipinski definition) is 2. The van der Waals surface area contributed by atoms with Gasteiger partial charge in [-0.15, -0.1) is 0 Å². The summed E-state index contributed by atoms with van der Waals surface area (Å²) in [6.07, 6.45) is 3.68. The molecule has 138 valence electrons. The second-order valence-electron chi connectivity index (χ2n) is 6.41. The lowest BCUT2D eigenvalue weighted by molar-refractivity contribution is 0.304. The van der Waals surface area contributed by atoms with Crippen molar-refractivity contribution in [2.24, 2.45) is 0 Å². The number of fused-ring (bicyclic) bond motifs is 1. The van der Waals surface area contributed by atoms with Crippen LogP contribution in [-0.4, -0.2) is 9.38 Å². The van der Waals surface area contributed by atoms with Gasteiger partial charge >= 0.3 is 0 Å². The number of halogens is 2. The Kier molecular flexibility index (Phi) is 4.95. The molecule has 0 aliphatic heterocycles. The maximum absolute atomic E-state index is 7.00. The van der Waals surface area contributed by atoms with Gasteiger partial charge in [0.25, 0.3) is 0 Å². The van der Waals surface area contributed by atoms with Crippen LogP contribution in [0, 0.1) is 13.5 Å². The lowest BCUT2D eigenvalue weighted by Crippen LogP contribution is -1.97. The third-order valence-electron chi connectivity index (χ3n) is 4.40. The van der Waals surface area contributed by atoms with Gasteiger partial charge in [0.1, 0.15) is 12.4 Å². The van der Waals surface area contributed by atoms with Gasteiger partial charge in [-0.05, 0) is 42.3 Å². The van der Waals surface area contributed by atoms with Crippen LogP contribution in [0.5, 0.6) is 5.75 Å². The summed E-state index contributed by atoms with van der Waals surface area (Å²) in [5, 5.41) is 1.07. The van der Waals surface area contributed by atoms with Gasteiger partial charge in [0.15, 0.2) is 11.3 Å². The van der Waals surface area contributed by atoms with Crippen molar-refractivity contribution < 1.29 is 4.74 Å². The van der Waals surface area contributed by atoms with E-state index in [2.05, 4.69) is 9.83 Å². The van der Waals surface area contributed by atoms with Gasteiger partial charge in [-0.1, -0.05) is 47.5 Å². The SMILES string of the molecule is [C-]#[N+]c1ccc(COc2ccc(-c3cn4cc(Cl)cc(Cl)c4n3)cc2C)cc1. The Morgan fingerprint density at radius 3 is 2.57 bits per heavy atom. The van der Waals surface area contributed by atoms with E-state index in [0.717, 1.165) is 28.1 Å². The number of ether oxygens (including phenoxy) is 1. The molecule has 0 aliphatic rings.